The highest BCUT2D eigenvalue weighted by Gasteiger charge is 2.18. The fourth-order valence-corrected chi connectivity index (χ4v) is 3.23. The molecule has 0 aliphatic carbocycles. The number of nitrogens with one attached hydrogen (secondary N) is 1. The van der Waals surface area contributed by atoms with Crippen LogP contribution < -0.4 is 10.2 Å². The number of piperidine rings is 1. The lowest BCUT2D eigenvalue weighted by atomic mass is 9.97. The third-order valence-corrected chi connectivity index (χ3v) is 4.87. The molecule has 0 saturated carbocycles. The van der Waals surface area contributed by atoms with Gasteiger partial charge in [0.05, 0.1) is 5.69 Å². The van der Waals surface area contributed by atoms with Crippen LogP contribution in [0.4, 0.5) is 5.69 Å². The van der Waals surface area contributed by atoms with Gasteiger partial charge in [0.15, 0.2) is 0 Å². The Morgan fingerprint density at radius 2 is 2.12 bits per heavy atom. The van der Waals surface area contributed by atoms with Crippen molar-refractivity contribution >= 4 is 11.6 Å². The summed E-state index contributed by atoms with van der Waals surface area (Å²) in [6.07, 6.45) is 5.70. The lowest BCUT2D eigenvalue weighted by molar-refractivity contribution is -0.116. The molecule has 5 nitrogen and oxygen atoms in total. The number of aryl methyl sites for hydroxylation is 1. The average molecular weight is 338 g/mol. The molecule has 0 unspecified atom stereocenters. The van der Waals surface area contributed by atoms with Crippen molar-refractivity contribution in [1.82, 2.24) is 15.1 Å². The molecule has 0 spiro atoms. The van der Waals surface area contributed by atoms with Crippen LogP contribution in [0.2, 0.25) is 0 Å². The Kier molecular flexibility index (Phi) is 5.22. The van der Waals surface area contributed by atoms with Gasteiger partial charge in [-0.1, -0.05) is 19.6 Å². The molecule has 1 saturated heterocycles. The number of carbonyl (C=O) groups excluding carboxylic acids is 1. The zero-order valence-electron chi connectivity index (χ0n) is 15.0. The first-order valence-corrected chi connectivity index (χ1v) is 8.85. The molecule has 25 heavy (non-hydrogen) atoms. The van der Waals surface area contributed by atoms with Gasteiger partial charge < -0.3 is 10.2 Å². The minimum absolute atomic E-state index is 0.166. The molecule has 132 valence electrons. The summed E-state index contributed by atoms with van der Waals surface area (Å²) in [6.45, 7) is 8.48. The number of carbonyl (C=O) groups is 1. The van der Waals surface area contributed by atoms with E-state index in [9.17, 15) is 4.79 Å². The van der Waals surface area contributed by atoms with Gasteiger partial charge in [0.25, 0.3) is 0 Å². The first-order chi connectivity index (χ1) is 12.1. The van der Waals surface area contributed by atoms with Crippen LogP contribution in [-0.4, -0.2) is 28.8 Å². The molecule has 1 fully saturated rings. The van der Waals surface area contributed by atoms with Crippen LogP contribution in [0.15, 0.2) is 43.1 Å². The van der Waals surface area contributed by atoms with E-state index in [0.717, 1.165) is 35.8 Å². The molecule has 2 heterocycles. The predicted octanol–water partition coefficient (Wildman–Crippen LogP) is 3.13. The van der Waals surface area contributed by atoms with E-state index in [1.165, 1.54) is 24.6 Å². The molecule has 1 aliphatic rings. The molecule has 1 aromatic heterocycles. The van der Waals surface area contributed by atoms with Crippen LogP contribution in [0.3, 0.4) is 0 Å². The fourth-order valence-electron chi connectivity index (χ4n) is 3.23. The predicted molar refractivity (Wildman–Crippen MR) is 101 cm³/mol. The molecule has 0 atom stereocenters. The zero-order chi connectivity index (χ0) is 17.8. The highest BCUT2D eigenvalue weighted by atomic mass is 16.1. The normalized spacial score (nSPS) is 15.2. The van der Waals surface area contributed by atoms with Gasteiger partial charge >= 0.3 is 0 Å². The maximum atomic E-state index is 11.5. The Hall–Kier alpha value is -2.56. The van der Waals surface area contributed by atoms with E-state index >= 15 is 0 Å². The van der Waals surface area contributed by atoms with E-state index in [1.807, 2.05) is 19.3 Å². The van der Waals surface area contributed by atoms with E-state index in [4.69, 9.17) is 0 Å². The molecule has 5 heteroatoms. The second-order valence-electron chi connectivity index (χ2n) is 6.81. The molecule has 1 aliphatic heterocycles. The van der Waals surface area contributed by atoms with Crippen molar-refractivity contribution in [3.8, 4) is 11.3 Å². The largest absolute Gasteiger partial charge is 0.371 e. The van der Waals surface area contributed by atoms with Crippen LogP contribution in [0.25, 0.3) is 11.3 Å². The van der Waals surface area contributed by atoms with Crippen molar-refractivity contribution in [2.45, 2.75) is 26.3 Å². The third kappa shape index (κ3) is 4.10. The number of anilines is 1. The topological polar surface area (TPSA) is 50.2 Å². The second kappa shape index (κ2) is 7.55. The molecular formula is C20H26N4O. The van der Waals surface area contributed by atoms with Crippen LogP contribution in [0.5, 0.6) is 0 Å². The van der Waals surface area contributed by atoms with Crippen molar-refractivity contribution in [3.63, 3.8) is 0 Å². The van der Waals surface area contributed by atoms with Gasteiger partial charge in [0.2, 0.25) is 5.91 Å². The third-order valence-electron chi connectivity index (χ3n) is 4.87. The summed E-state index contributed by atoms with van der Waals surface area (Å²) in [5, 5.41) is 7.42. The van der Waals surface area contributed by atoms with E-state index < -0.39 is 0 Å². The molecule has 0 radical (unpaired) electrons. The van der Waals surface area contributed by atoms with Crippen molar-refractivity contribution in [1.29, 1.82) is 0 Å². The Balaban J connectivity index is 1.90. The lowest BCUT2D eigenvalue weighted by Gasteiger charge is -2.32. The number of rotatable bonds is 5. The minimum Gasteiger partial charge on any atom is -0.371 e. The summed E-state index contributed by atoms with van der Waals surface area (Å²) < 4.78 is 1.80. The molecule has 3 rings (SSSR count). The summed E-state index contributed by atoms with van der Waals surface area (Å²) in [5.41, 5.74) is 4.29. The SMILES string of the molecule is C=CC(=O)NCc1ccc(N2CCC(C)CC2)cc1-c1ccn(C)n1. The highest BCUT2D eigenvalue weighted by molar-refractivity contribution is 5.87. The van der Waals surface area contributed by atoms with Crippen molar-refractivity contribution < 1.29 is 4.79 Å². The second-order valence-corrected chi connectivity index (χ2v) is 6.81. The van der Waals surface area contributed by atoms with Crippen LogP contribution in [0.1, 0.15) is 25.3 Å². The standard InChI is InChI=1S/C20H26N4O/c1-4-20(25)21-14-16-5-6-17(24-11-7-15(2)8-12-24)13-18(16)19-9-10-23(3)22-19/h4-6,9-10,13,15H,1,7-8,11-12,14H2,2-3H3,(H,21,25). The number of amides is 1. The molecule has 1 aromatic carbocycles. The van der Waals surface area contributed by atoms with Crippen LogP contribution in [-0.2, 0) is 18.4 Å². The van der Waals surface area contributed by atoms with Gasteiger partial charge in [0.1, 0.15) is 0 Å². The molecular weight excluding hydrogens is 312 g/mol. The number of hydrogen-bond donors (Lipinski definition) is 1. The number of aromatic nitrogens is 2. The number of nitrogens with zero attached hydrogens (tertiary/aromatic N) is 3. The van der Waals surface area contributed by atoms with Crippen molar-refractivity contribution in [3.05, 3.63) is 48.7 Å². The van der Waals surface area contributed by atoms with Gasteiger partial charge in [0, 0.05) is 44.1 Å². The number of benzene rings is 1. The van der Waals surface area contributed by atoms with Gasteiger partial charge in [-0.15, -0.1) is 0 Å². The van der Waals surface area contributed by atoms with Gasteiger partial charge in [-0.2, -0.15) is 5.10 Å². The Labute approximate surface area is 149 Å². The zero-order valence-corrected chi connectivity index (χ0v) is 15.0. The first-order valence-electron chi connectivity index (χ1n) is 8.85. The van der Waals surface area contributed by atoms with E-state index in [1.54, 1.807) is 4.68 Å². The number of hydrogen-bond acceptors (Lipinski definition) is 3. The summed E-state index contributed by atoms with van der Waals surface area (Å²) >= 11 is 0. The minimum atomic E-state index is -0.166. The smallest absolute Gasteiger partial charge is 0.243 e. The van der Waals surface area contributed by atoms with Crippen LogP contribution >= 0.6 is 0 Å². The van der Waals surface area contributed by atoms with Gasteiger partial charge in [-0.25, -0.2) is 0 Å². The molecule has 1 N–H and O–H groups in total. The summed E-state index contributed by atoms with van der Waals surface area (Å²) in [6, 6.07) is 8.46. The van der Waals surface area contributed by atoms with Crippen LogP contribution in [0, 0.1) is 5.92 Å². The first kappa shape index (κ1) is 17.3. The quantitative estimate of drug-likeness (QED) is 0.852. The average Bonchev–Trinajstić information content (AvgIpc) is 3.06. The maximum absolute atomic E-state index is 11.5. The summed E-state index contributed by atoms with van der Waals surface area (Å²) in [4.78, 5) is 14.0. The molecule has 1 amide bonds. The van der Waals surface area contributed by atoms with Gasteiger partial charge in [-0.3, -0.25) is 9.48 Å². The maximum Gasteiger partial charge on any atom is 0.243 e. The monoisotopic (exact) mass is 338 g/mol. The highest BCUT2D eigenvalue weighted by Crippen LogP contribution is 2.30. The Bertz CT molecular complexity index is 757. The Morgan fingerprint density at radius 3 is 2.76 bits per heavy atom. The van der Waals surface area contributed by atoms with Crippen molar-refractivity contribution in [2.24, 2.45) is 13.0 Å². The lowest BCUT2D eigenvalue weighted by Crippen LogP contribution is -2.32. The van der Waals surface area contributed by atoms with Gasteiger partial charge in [-0.05, 0) is 48.6 Å². The molecule has 0 bridgehead atoms. The molecule has 2 aromatic rings. The Morgan fingerprint density at radius 1 is 1.36 bits per heavy atom. The van der Waals surface area contributed by atoms with E-state index in [2.05, 4.69) is 47.0 Å². The fraction of sp³-hybridized carbons (Fsp3) is 0.400. The summed E-state index contributed by atoms with van der Waals surface area (Å²) in [7, 11) is 1.92. The van der Waals surface area contributed by atoms with Crippen molar-refractivity contribution in [2.75, 3.05) is 18.0 Å². The summed E-state index contributed by atoms with van der Waals surface area (Å²) in [5.74, 6) is 0.640. The van der Waals surface area contributed by atoms with E-state index in [-0.39, 0.29) is 5.91 Å². The van der Waals surface area contributed by atoms with E-state index in [0.29, 0.717) is 6.54 Å².